The van der Waals surface area contributed by atoms with Crippen molar-refractivity contribution >= 4 is 0 Å². The van der Waals surface area contributed by atoms with Gasteiger partial charge >= 0.3 is 0 Å². The molecule has 0 fully saturated rings. The molecule has 2 aromatic rings. The standard InChI is InChI=1S/C17H25N3O/c1-4-16(18)12-15-11-13(2)5-6-17(15)21-10-9-20-8-7-19-14(20)3/h5-8,11,16H,4,9-10,12,18H2,1-3H3. The molecule has 4 nitrogen and oxygen atoms in total. The Hall–Kier alpha value is -1.81. The molecular formula is C17H25N3O. The average molecular weight is 287 g/mol. The highest BCUT2D eigenvalue weighted by Crippen LogP contribution is 2.22. The Labute approximate surface area is 127 Å². The Bertz CT molecular complexity index is 577. The van der Waals surface area contributed by atoms with E-state index in [4.69, 9.17) is 10.5 Å². The Balaban J connectivity index is 2.00. The minimum atomic E-state index is 0.185. The first kappa shape index (κ1) is 15.6. The number of ether oxygens (including phenoxy) is 1. The van der Waals surface area contributed by atoms with Gasteiger partial charge in [-0.15, -0.1) is 0 Å². The van der Waals surface area contributed by atoms with Gasteiger partial charge in [-0.1, -0.05) is 24.6 Å². The zero-order valence-electron chi connectivity index (χ0n) is 13.2. The zero-order valence-corrected chi connectivity index (χ0v) is 13.2. The maximum Gasteiger partial charge on any atom is 0.122 e. The monoisotopic (exact) mass is 287 g/mol. The summed E-state index contributed by atoms with van der Waals surface area (Å²) in [4.78, 5) is 4.21. The molecule has 1 aromatic carbocycles. The van der Waals surface area contributed by atoms with Crippen LogP contribution in [0.3, 0.4) is 0 Å². The fourth-order valence-corrected chi connectivity index (χ4v) is 2.33. The summed E-state index contributed by atoms with van der Waals surface area (Å²) in [5.41, 5.74) is 8.52. The van der Waals surface area contributed by atoms with Gasteiger partial charge in [0.25, 0.3) is 0 Å². The lowest BCUT2D eigenvalue weighted by molar-refractivity contribution is 0.293. The maximum absolute atomic E-state index is 6.08. The van der Waals surface area contributed by atoms with Gasteiger partial charge in [0.1, 0.15) is 18.2 Å². The first-order valence-corrected chi connectivity index (χ1v) is 7.55. The predicted molar refractivity (Wildman–Crippen MR) is 85.6 cm³/mol. The van der Waals surface area contributed by atoms with Crippen molar-refractivity contribution in [3.05, 3.63) is 47.5 Å². The van der Waals surface area contributed by atoms with E-state index < -0.39 is 0 Å². The van der Waals surface area contributed by atoms with Crippen LogP contribution in [0.1, 0.15) is 30.3 Å². The van der Waals surface area contributed by atoms with Crippen molar-refractivity contribution in [3.8, 4) is 5.75 Å². The predicted octanol–water partition coefficient (Wildman–Crippen LogP) is 2.86. The molecule has 1 aromatic heterocycles. The highest BCUT2D eigenvalue weighted by molar-refractivity contribution is 5.37. The number of benzene rings is 1. The van der Waals surface area contributed by atoms with Crippen molar-refractivity contribution in [2.24, 2.45) is 5.73 Å². The quantitative estimate of drug-likeness (QED) is 0.852. The summed E-state index contributed by atoms with van der Waals surface area (Å²) in [5.74, 6) is 1.96. The van der Waals surface area contributed by atoms with E-state index in [0.717, 1.165) is 31.0 Å². The van der Waals surface area contributed by atoms with Crippen molar-refractivity contribution in [1.29, 1.82) is 0 Å². The number of hydrogen-bond donors (Lipinski definition) is 1. The highest BCUT2D eigenvalue weighted by atomic mass is 16.5. The van der Waals surface area contributed by atoms with E-state index in [9.17, 15) is 0 Å². The lowest BCUT2D eigenvalue weighted by Gasteiger charge is -2.15. The van der Waals surface area contributed by atoms with E-state index in [1.165, 1.54) is 11.1 Å². The summed E-state index contributed by atoms with van der Waals surface area (Å²) in [7, 11) is 0. The molecule has 21 heavy (non-hydrogen) atoms. The molecule has 0 bridgehead atoms. The lowest BCUT2D eigenvalue weighted by atomic mass is 10.0. The van der Waals surface area contributed by atoms with Gasteiger partial charge in [-0.3, -0.25) is 0 Å². The first-order valence-electron chi connectivity index (χ1n) is 7.55. The molecule has 2 N–H and O–H groups in total. The third-order valence-corrected chi connectivity index (χ3v) is 3.74. The molecule has 0 amide bonds. The van der Waals surface area contributed by atoms with Crippen LogP contribution in [0, 0.1) is 13.8 Å². The second-order valence-corrected chi connectivity index (χ2v) is 5.50. The van der Waals surface area contributed by atoms with Crippen molar-refractivity contribution < 1.29 is 4.74 Å². The Morgan fingerprint density at radius 1 is 1.33 bits per heavy atom. The number of aryl methyl sites for hydroxylation is 2. The van der Waals surface area contributed by atoms with Crippen LogP contribution < -0.4 is 10.5 Å². The SMILES string of the molecule is CCC(N)Cc1cc(C)ccc1OCCn1ccnc1C. The second kappa shape index (κ2) is 7.27. The van der Waals surface area contributed by atoms with Crippen molar-refractivity contribution in [2.75, 3.05) is 6.61 Å². The van der Waals surface area contributed by atoms with E-state index in [1.54, 1.807) is 0 Å². The molecule has 1 heterocycles. The number of nitrogens with two attached hydrogens (primary N) is 1. The molecule has 0 aliphatic carbocycles. The van der Waals surface area contributed by atoms with E-state index in [1.807, 2.05) is 25.4 Å². The molecule has 0 aliphatic heterocycles. The van der Waals surface area contributed by atoms with Gasteiger partial charge in [0.15, 0.2) is 0 Å². The fourth-order valence-electron chi connectivity index (χ4n) is 2.33. The van der Waals surface area contributed by atoms with Gasteiger partial charge < -0.3 is 15.0 Å². The summed E-state index contributed by atoms with van der Waals surface area (Å²) in [6, 6.07) is 6.49. The molecular weight excluding hydrogens is 262 g/mol. The van der Waals surface area contributed by atoms with Crippen molar-refractivity contribution in [1.82, 2.24) is 9.55 Å². The highest BCUT2D eigenvalue weighted by Gasteiger charge is 2.08. The zero-order chi connectivity index (χ0) is 15.2. The Kier molecular flexibility index (Phi) is 5.39. The summed E-state index contributed by atoms with van der Waals surface area (Å²) < 4.78 is 8.05. The molecule has 4 heteroatoms. The third-order valence-electron chi connectivity index (χ3n) is 3.74. The fraction of sp³-hybridized carbons (Fsp3) is 0.471. The van der Waals surface area contributed by atoms with Crippen LogP contribution >= 0.6 is 0 Å². The third kappa shape index (κ3) is 4.33. The van der Waals surface area contributed by atoms with Gasteiger partial charge in [-0.25, -0.2) is 4.98 Å². The summed E-state index contributed by atoms with van der Waals surface area (Å²) in [5, 5.41) is 0. The van der Waals surface area contributed by atoms with E-state index in [-0.39, 0.29) is 6.04 Å². The number of nitrogens with zero attached hydrogens (tertiary/aromatic N) is 2. The summed E-state index contributed by atoms with van der Waals surface area (Å²) in [6.45, 7) is 7.65. The van der Waals surface area contributed by atoms with Gasteiger partial charge in [0, 0.05) is 18.4 Å². The normalized spacial score (nSPS) is 12.4. The van der Waals surface area contributed by atoms with E-state index in [0.29, 0.717) is 6.61 Å². The van der Waals surface area contributed by atoms with Gasteiger partial charge in [-0.2, -0.15) is 0 Å². The molecule has 0 saturated heterocycles. The minimum absolute atomic E-state index is 0.185. The molecule has 2 rings (SSSR count). The molecule has 0 saturated carbocycles. The molecule has 1 atom stereocenters. The first-order chi connectivity index (χ1) is 10.1. The Morgan fingerprint density at radius 2 is 2.14 bits per heavy atom. The number of aromatic nitrogens is 2. The molecule has 1 unspecified atom stereocenters. The van der Waals surface area contributed by atoms with Crippen LogP contribution in [-0.4, -0.2) is 22.2 Å². The number of hydrogen-bond acceptors (Lipinski definition) is 3. The summed E-state index contributed by atoms with van der Waals surface area (Å²) >= 11 is 0. The number of imidazole rings is 1. The van der Waals surface area contributed by atoms with Crippen LogP contribution in [0.5, 0.6) is 5.75 Å². The minimum Gasteiger partial charge on any atom is -0.491 e. The molecule has 114 valence electrons. The largest absolute Gasteiger partial charge is 0.491 e. The number of rotatable bonds is 7. The molecule has 0 spiro atoms. The van der Waals surface area contributed by atoms with E-state index in [2.05, 4.69) is 35.5 Å². The van der Waals surface area contributed by atoms with Crippen LogP contribution in [0.4, 0.5) is 0 Å². The van der Waals surface area contributed by atoms with Crippen LogP contribution in [0.25, 0.3) is 0 Å². The van der Waals surface area contributed by atoms with Crippen LogP contribution in [0.15, 0.2) is 30.6 Å². The van der Waals surface area contributed by atoms with Crippen molar-refractivity contribution in [3.63, 3.8) is 0 Å². The average Bonchev–Trinajstić information content (AvgIpc) is 2.86. The molecule has 0 radical (unpaired) electrons. The topological polar surface area (TPSA) is 53.1 Å². The molecule has 0 aliphatic rings. The van der Waals surface area contributed by atoms with Crippen LogP contribution in [-0.2, 0) is 13.0 Å². The lowest BCUT2D eigenvalue weighted by Crippen LogP contribution is -2.22. The maximum atomic E-state index is 6.08. The smallest absolute Gasteiger partial charge is 0.122 e. The van der Waals surface area contributed by atoms with E-state index >= 15 is 0 Å². The Morgan fingerprint density at radius 3 is 2.81 bits per heavy atom. The second-order valence-electron chi connectivity index (χ2n) is 5.50. The van der Waals surface area contributed by atoms with Gasteiger partial charge in [-0.05, 0) is 38.3 Å². The van der Waals surface area contributed by atoms with Gasteiger partial charge in [0.05, 0.1) is 6.54 Å². The van der Waals surface area contributed by atoms with Gasteiger partial charge in [0.2, 0.25) is 0 Å². The summed E-state index contributed by atoms with van der Waals surface area (Å²) in [6.07, 6.45) is 5.62. The van der Waals surface area contributed by atoms with Crippen molar-refractivity contribution in [2.45, 2.75) is 46.2 Å². The van der Waals surface area contributed by atoms with Crippen LogP contribution in [0.2, 0.25) is 0 Å².